The molecule has 0 spiro atoms. The van der Waals surface area contributed by atoms with E-state index in [1.165, 1.54) is 23.6 Å². The molecule has 354 valence electrons. The number of benzene rings is 5. The highest BCUT2D eigenvalue weighted by atomic mass is 16.7. The molecule has 2 fully saturated rings. The first-order chi connectivity index (χ1) is 32.7. The summed E-state index contributed by atoms with van der Waals surface area (Å²) in [7, 11) is 4.81. The maximum atomic E-state index is 14.3. The average molecular weight is 915 g/mol. The monoisotopic (exact) mass is 914 g/mol. The van der Waals surface area contributed by atoms with Crippen LogP contribution in [0.25, 0.3) is 0 Å². The Balaban J connectivity index is 0.00000103. The number of methoxy groups -OCH3 is 3. The SMILES string of the molecule is CC1CCCO1.COCOCC1(OCc2ccccc2)C[C@H](n2cc(C)c(=O)n(COCc3ccccc3)c2=O)O[C@@H]1COC(c1ccccc1)(c1ccc(OC)cc1)c1ccc(OC)cc1. The van der Waals surface area contributed by atoms with E-state index in [4.69, 9.17) is 42.6 Å². The lowest BCUT2D eigenvalue weighted by Crippen LogP contribution is -2.49. The second-order valence-electron chi connectivity index (χ2n) is 16.7. The van der Waals surface area contributed by atoms with Crippen molar-refractivity contribution >= 4 is 0 Å². The van der Waals surface area contributed by atoms with Gasteiger partial charge < -0.3 is 42.6 Å². The maximum Gasteiger partial charge on any atom is 0.335 e. The van der Waals surface area contributed by atoms with E-state index < -0.39 is 34.8 Å². The van der Waals surface area contributed by atoms with Crippen LogP contribution in [0.4, 0.5) is 0 Å². The van der Waals surface area contributed by atoms with Gasteiger partial charge in [0, 0.05) is 31.9 Å². The van der Waals surface area contributed by atoms with Gasteiger partial charge in [-0.2, -0.15) is 0 Å². The van der Waals surface area contributed by atoms with Gasteiger partial charge in [0.25, 0.3) is 5.56 Å². The minimum Gasteiger partial charge on any atom is -0.497 e. The molecule has 0 radical (unpaired) electrons. The van der Waals surface area contributed by atoms with Crippen LogP contribution in [-0.4, -0.2) is 74.9 Å². The molecule has 0 aliphatic carbocycles. The van der Waals surface area contributed by atoms with Crippen molar-refractivity contribution in [2.24, 2.45) is 0 Å². The minimum absolute atomic E-state index is 0.0109. The number of hydrogen-bond donors (Lipinski definition) is 0. The summed E-state index contributed by atoms with van der Waals surface area (Å²) < 4.78 is 57.4. The highest BCUT2D eigenvalue weighted by Gasteiger charge is 2.53. The number of aryl methyl sites for hydroxylation is 1. The number of nitrogens with zero attached hydrogens (tertiary/aromatic N) is 2. The third-order valence-electron chi connectivity index (χ3n) is 12.1. The fourth-order valence-electron chi connectivity index (χ4n) is 8.51. The van der Waals surface area contributed by atoms with Gasteiger partial charge in [-0.3, -0.25) is 9.36 Å². The molecule has 5 aromatic carbocycles. The van der Waals surface area contributed by atoms with Crippen LogP contribution >= 0.6 is 0 Å². The lowest BCUT2D eigenvalue weighted by atomic mass is 9.79. The van der Waals surface area contributed by atoms with Crippen molar-refractivity contribution in [3.63, 3.8) is 0 Å². The van der Waals surface area contributed by atoms with Crippen molar-refractivity contribution in [2.75, 3.05) is 47.9 Å². The highest BCUT2D eigenvalue weighted by Crippen LogP contribution is 2.45. The number of ether oxygens (including phenoxy) is 9. The summed E-state index contributed by atoms with van der Waals surface area (Å²) in [6.45, 7) is 4.96. The molecule has 8 rings (SSSR count). The molecule has 2 aliphatic rings. The van der Waals surface area contributed by atoms with Crippen LogP contribution in [0.5, 0.6) is 11.5 Å². The molecular formula is C54H62N2O11. The molecule has 0 amide bonds. The smallest absolute Gasteiger partial charge is 0.335 e. The standard InChI is InChI=1S/C49H52N2O10.C5H10O/c1-36-29-50(47(53)51(46(36)52)34-57-30-37-14-8-5-9-15-37)45-28-48(33-58-35-54-2,59-31-38-16-10-6-11-17-38)44(61-45)32-60-49(39-18-12-7-13-19-39,40-20-24-42(55-3)25-21-40)41-22-26-43(56-4)27-23-41;1-5-3-2-4-6-5/h5-27,29,44-45H,28,30-35H2,1-4H3;5H,2-4H2,1H3/t44-,45-,48?;/m1./s1. The van der Waals surface area contributed by atoms with Gasteiger partial charge in [0.15, 0.2) is 0 Å². The van der Waals surface area contributed by atoms with Crippen LogP contribution < -0.4 is 20.7 Å². The van der Waals surface area contributed by atoms with Crippen LogP contribution in [0, 0.1) is 6.92 Å². The van der Waals surface area contributed by atoms with Gasteiger partial charge >= 0.3 is 5.69 Å². The Morgan fingerprint density at radius 1 is 0.716 bits per heavy atom. The molecule has 13 nitrogen and oxygen atoms in total. The summed E-state index contributed by atoms with van der Waals surface area (Å²) in [6.07, 6.45) is 3.07. The summed E-state index contributed by atoms with van der Waals surface area (Å²) >= 11 is 0. The lowest BCUT2D eigenvalue weighted by Gasteiger charge is -2.39. The van der Waals surface area contributed by atoms with Crippen molar-refractivity contribution in [3.8, 4) is 11.5 Å². The van der Waals surface area contributed by atoms with Crippen molar-refractivity contribution < 1.29 is 42.6 Å². The molecule has 2 saturated heterocycles. The molecule has 67 heavy (non-hydrogen) atoms. The van der Waals surface area contributed by atoms with Gasteiger partial charge in [-0.25, -0.2) is 9.36 Å². The highest BCUT2D eigenvalue weighted by molar-refractivity contribution is 5.49. The van der Waals surface area contributed by atoms with Gasteiger partial charge in [0.05, 0.1) is 46.8 Å². The van der Waals surface area contributed by atoms with E-state index >= 15 is 0 Å². The van der Waals surface area contributed by atoms with Crippen LogP contribution in [0.1, 0.15) is 65.8 Å². The van der Waals surface area contributed by atoms with E-state index in [2.05, 4.69) is 6.92 Å². The second kappa shape index (κ2) is 23.7. The van der Waals surface area contributed by atoms with Crippen LogP contribution in [0.15, 0.2) is 155 Å². The molecule has 3 heterocycles. The zero-order chi connectivity index (χ0) is 47.1. The van der Waals surface area contributed by atoms with Gasteiger partial charge in [-0.1, -0.05) is 115 Å². The largest absolute Gasteiger partial charge is 0.497 e. The normalized spacial score (nSPS) is 19.1. The zero-order valence-corrected chi connectivity index (χ0v) is 39.0. The number of rotatable bonds is 20. The molecule has 2 aliphatic heterocycles. The van der Waals surface area contributed by atoms with Crippen LogP contribution in [0.2, 0.25) is 0 Å². The first kappa shape index (κ1) is 49.0. The van der Waals surface area contributed by atoms with Gasteiger partial charge in [0.1, 0.15) is 48.6 Å². The Bertz CT molecular complexity index is 2480. The summed E-state index contributed by atoms with van der Waals surface area (Å²) in [6, 6.07) is 44.9. The number of hydrogen-bond acceptors (Lipinski definition) is 11. The Labute approximate surface area is 392 Å². The molecule has 4 atom stereocenters. The molecule has 2 unspecified atom stereocenters. The van der Waals surface area contributed by atoms with Crippen molar-refractivity contribution in [2.45, 2.75) is 82.7 Å². The van der Waals surface area contributed by atoms with Crippen LogP contribution in [0.3, 0.4) is 0 Å². The minimum atomic E-state index is -1.18. The topological polar surface area (TPSA) is 127 Å². The first-order valence-corrected chi connectivity index (χ1v) is 22.6. The molecule has 0 N–H and O–H groups in total. The van der Waals surface area contributed by atoms with Gasteiger partial charge in [-0.05, 0) is 78.8 Å². The predicted octanol–water partition coefficient (Wildman–Crippen LogP) is 8.57. The second-order valence-corrected chi connectivity index (χ2v) is 16.7. The fraction of sp³-hybridized carbons (Fsp3) is 0.370. The van der Waals surface area contributed by atoms with E-state index in [1.807, 2.05) is 140 Å². The number of aromatic nitrogens is 2. The first-order valence-electron chi connectivity index (χ1n) is 22.6. The summed E-state index contributed by atoms with van der Waals surface area (Å²) in [5, 5.41) is 0. The molecule has 13 heteroatoms. The molecule has 0 bridgehead atoms. The third-order valence-corrected chi connectivity index (χ3v) is 12.1. The van der Waals surface area contributed by atoms with Crippen molar-refractivity contribution in [3.05, 3.63) is 200 Å². The Morgan fingerprint density at radius 3 is 1.81 bits per heavy atom. The lowest BCUT2D eigenvalue weighted by molar-refractivity contribution is -0.181. The van der Waals surface area contributed by atoms with Crippen molar-refractivity contribution in [1.29, 1.82) is 0 Å². The summed E-state index contributed by atoms with van der Waals surface area (Å²) in [4.78, 5) is 27.8. The molecular weight excluding hydrogens is 853 g/mol. The predicted molar refractivity (Wildman–Crippen MR) is 254 cm³/mol. The van der Waals surface area contributed by atoms with Gasteiger partial charge in [-0.15, -0.1) is 0 Å². The Hall–Kier alpha value is -5.90. The van der Waals surface area contributed by atoms with E-state index in [-0.39, 0.29) is 46.4 Å². The maximum absolute atomic E-state index is 14.3. The fourth-order valence-corrected chi connectivity index (χ4v) is 8.51. The van der Waals surface area contributed by atoms with E-state index in [0.29, 0.717) is 23.2 Å². The average Bonchev–Trinajstić information content (AvgIpc) is 4.01. The third kappa shape index (κ3) is 12.0. The molecule has 6 aromatic rings. The van der Waals surface area contributed by atoms with Crippen molar-refractivity contribution in [1.82, 2.24) is 9.13 Å². The van der Waals surface area contributed by atoms with Crippen LogP contribution in [-0.2, 0) is 58.7 Å². The Morgan fingerprint density at radius 2 is 1.28 bits per heavy atom. The Kier molecular flexibility index (Phi) is 17.3. The van der Waals surface area contributed by atoms with E-state index in [9.17, 15) is 9.59 Å². The zero-order valence-electron chi connectivity index (χ0n) is 39.0. The molecule has 1 aromatic heterocycles. The summed E-state index contributed by atoms with van der Waals surface area (Å²) in [5.74, 6) is 1.39. The van der Waals surface area contributed by atoms with E-state index in [1.54, 1.807) is 28.3 Å². The molecule has 0 saturated carbocycles. The quantitative estimate of drug-likeness (QED) is 0.0416. The van der Waals surface area contributed by atoms with E-state index in [0.717, 1.165) is 39.0 Å². The van der Waals surface area contributed by atoms with Gasteiger partial charge in [0.2, 0.25) is 0 Å². The summed E-state index contributed by atoms with van der Waals surface area (Å²) in [5.41, 5.74) is 1.33.